The maximum Gasteiger partial charge on any atom is 0.229 e. The van der Waals surface area contributed by atoms with Crippen molar-refractivity contribution in [2.75, 3.05) is 25.0 Å². The monoisotopic (exact) mass is 471 g/mol. The van der Waals surface area contributed by atoms with Gasteiger partial charge in [-0.15, -0.1) is 0 Å². The van der Waals surface area contributed by atoms with E-state index >= 15 is 0 Å². The van der Waals surface area contributed by atoms with Crippen LogP contribution in [0.3, 0.4) is 0 Å². The molecule has 1 saturated heterocycles. The maximum absolute atomic E-state index is 6.13. The summed E-state index contributed by atoms with van der Waals surface area (Å²) in [5.74, 6) is 1.09. The number of likely N-dealkylation sites (tertiary alicyclic amines) is 1. The van der Waals surface area contributed by atoms with Crippen molar-refractivity contribution in [3.8, 4) is 0 Å². The van der Waals surface area contributed by atoms with Crippen LogP contribution in [0.2, 0.25) is 0 Å². The highest BCUT2D eigenvalue weighted by Gasteiger charge is 2.20. The fraction of sp³-hybridized carbons (Fsp3) is 0.393. The van der Waals surface area contributed by atoms with Gasteiger partial charge in [0, 0.05) is 71.7 Å². The summed E-state index contributed by atoms with van der Waals surface area (Å²) < 4.78 is 2.14. The number of nitrogens with two attached hydrogens (primary N) is 1. The van der Waals surface area contributed by atoms with E-state index in [2.05, 4.69) is 82.5 Å². The number of fused-ring (bicyclic) bond motifs is 1. The third-order valence-corrected chi connectivity index (χ3v) is 6.57. The summed E-state index contributed by atoms with van der Waals surface area (Å²) in [6.07, 6.45) is 8.20. The molecule has 1 aliphatic heterocycles. The first-order chi connectivity index (χ1) is 16.6. The molecule has 1 aromatic carbocycles. The van der Waals surface area contributed by atoms with Gasteiger partial charge in [-0.05, 0) is 62.0 Å². The third-order valence-electron chi connectivity index (χ3n) is 6.57. The number of nitrogens with zero attached hydrogens (tertiary/aromatic N) is 5. The van der Waals surface area contributed by atoms with E-state index in [9.17, 15) is 0 Å². The second-order valence-corrected chi connectivity index (χ2v) is 10.4. The molecule has 0 unspecified atom stereocenters. The van der Waals surface area contributed by atoms with Gasteiger partial charge in [-0.25, -0.2) is 9.98 Å². The molecule has 3 heterocycles. The number of rotatable bonds is 7. The van der Waals surface area contributed by atoms with Crippen LogP contribution in [-0.4, -0.2) is 45.3 Å². The molecule has 0 aliphatic carbocycles. The zero-order chi connectivity index (χ0) is 25.2. The van der Waals surface area contributed by atoms with E-state index in [1.807, 2.05) is 19.2 Å². The molecule has 0 radical (unpaired) electrons. The van der Waals surface area contributed by atoms with E-state index in [-0.39, 0.29) is 5.41 Å². The van der Waals surface area contributed by atoms with Crippen molar-refractivity contribution in [3.63, 3.8) is 0 Å². The number of hydrogen-bond acceptors (Lipinski definition) is 6. The number of aromatic nitrogens is 3. The van der Waals surface area contributed by atoms with E-state index in [4.69, 9.17) is 5.73 Å². The van der Waals surface area contributed by atoms with Gasteiger partial charge < -0.3 is 15.6 Å². The van der Waals surface area contributed by atoms with E-state index in [0.717, 1.165) is 58.6 Å². The highest BCUT2D eigenvalue weighted by molar-refractivity contribution is 5.95. The molecule has 35 heavy (non-hydrogen) atoms. The lowest BCUT2D eigenvalue weighted by atomic mass is 9.83. The Hall–Kier alpha value is -3.45. The van der Waals surface area contributed by atoms with Gasteiger partial charge in [0.25, 0.3) is 0 Å². The summed E-state index contributed by atoms with van der Waals surface area (Å²) in [5.41, 5.74) is 12.3. The molecule has 0 spiro atoms. The van der Waals surface area contributed by atoms with Gasteiger partial charge in [0.05, 0.1) is 0 Å². The smallest absolute Gasteiger partial charge is 0.229 e. The molecule has 0 amide bonds. The lowest BCUT2D eigenvalue weighted by Crippen LogP contribution is -2.24. The van der Waals surface area contributed by atoms with Crippen LogP contribution in [0.1, 0.15) is 46.1 Å². The normalized spacial score (nSPS) is 15.7. The molecule has 2 aromatic heterocycles. The first kappa shape index (κ1) is 24.7. The lowest BCUT2D eigenvalue weighted by Gasteiger charge is -2.21. The molecule has 1 fully saturated rings. The Morgan fingerprint density at radius 2 is 1.97 bits per heavy atom. The number of benzene rings is 1. The molecule has 3 aromatic rings. The average molecular weight is 472 g/mol. The number of nitrogens with one attached hydrogen (secondary N) is 1. The van der Waals surface area contributed by atoms with Crippen molar-refractivity contribution in [1.82, 2.24) is 19.4 Å². The van der Waals surface area contributed by atoms with E-state index in [1.54, 1.807) is 12.3 Å². The average Bonchev–Trinajstić information content (AvgIpc) is 3.43. The van der Waals surface area contributed by atoms with Gasteiger partial charge in [-0.2, -0.15) is 4.98 Å². The number of aryl methyl sites for hydroxylation is 1. The molecule has 1 aliphatic rings. The Labute approximate surface area is 208 Å². The number of allylic oxidation sites excluding steroid dienone is 2. The van der Waals surface area contributed by atoms with Crippen molar-refractivity contribution >= 4 is 40.1 Å². The number of aliphatic imine (C=N–C) groups is 1. The Morgan fingerprint density at radius 1 is 1.23 bits per heavy atom. The highest BCUT2D eigenvalue weighted by Crippen LogP contribution is 2.38. The molecule has 0 bridgehead atoms. The van der Waals surface area contributed by atoms with Crippen molar-refractivity contribution in [1.29, 1.82) is 0 Å². The quantitative estimate of drug-likeness (QED) is 0.425. The van der Waals surface area contributed by atoms with Crippen LogP contribution in [0.5, 0.6) is 0 Å². The van der Waals surface area contributed by atoms with Crippen molar-refractivity contribution in [3.05, 3.63) is 60.1 Å². The zero-order valence-electron chi connectivity index (χ0n) is 21.6. The summed E-state index contributed by atoms with van der Waals surface area (Å²) in [4.78, 5) is 16.0. The standard InChI is InChI=1S/C28H37N7/c1-19(28(3,4)5)24-18-34(6)25-10-9-22(15-23(24)25)32-27-30-12-11-26(33-27)31-16-21(20(2)29)17-35-13-7-8-14-35/h9-12,15-16,18H,1,7-8,13-14,17,29H2,2-6H3,(H,30,32,33). The summed E-state index contributed by atoms with van der Waals surface area (Å²) in [7, 11) is 2.06. The molecule has 0 saturated carbocycles. The lowest BCUT2D eigenvalue weighted by molar-refractivity contribution is 0.372. The predicted octanol–water partition coefficient (Wildman–Crippen LogP) is 5.80. The molecular weight excluding hydrogens is 434 g/mol. The fourth-order valence-corrected chi connectivity index (χ4v) is 4.32. The predicted molar refractivity (Wildman–Crippen MR) is 147 cm³/mol. The molecule has 0 atom stereocenters. The largest absolute Gasteiger partial charge is 0.402 e. The van der Waals surface area contributed by atoms with Crippen LogP contribution in [-0.2, 0) is 7.05 Å². The number of hydrogen-bond donors (Lipinski definition) is 2. The van der Waals surface area contributed by atoms with Crippen LogP contribution in [0.25, 0.3) is 16.5 Å². The van der Waals surface area contributed by atoms with Crippen molar-refractivity contribution in [2.24, 2.45) is 23.2 Å². The van der Waals surface area contributed by atoms with Crippen LogP contribution in [0.15, 0.2) is 59.5 Å². The Kier molecular flexibility index (Phi) is 7.08. The molecule has 3 N–H and O–H groups in total. The molecule has 184 valence electrons. The molecule has 7 heteroatoms. The van der Waals surface area contributed by atoms with Crippen LogP contribution < -0.4 is 11.1 Å². The van der Waals surface area contributed by atoms with Crippen molar-refractivity contribution < 1.29 is 0 Å². The molecule has 4 rings (SSSR count). The first-order valence-corrected chi connectivity index (χ1v) is 12.2. The van der Waals surface area contributed by atoms with Gasteiger partial charge in [0.15, 0.2) is 5.82 Å². The van der Waals surface area contributed by atoms with Crippen LogP contribution in [0.4, 0.5) is 17.5 Å². The van der Waals surface area contributed by atoms with Gasteiger partial charge >= 0.3 is 0 Å². The SMILES string of the molecule is C=C(c1cn(C)c2ccc(Nc3nccc(N=CC(CN4CCCC4)=C(C)N)n3)cc12)C(C)(C)C. The third kappa shape index (κ3) is 5.80. The van der Waals surface area contributed by atoms with E-state index in [0.29, 0.717) is 11.8 Å². The maximum atomic E-state index is 6.13. The Bertz CT molecular complexity index is 1280. The second-order valence-electron chi connectivity index (χ2n) is 10.4. The Balaban J connectivity index is 1.55. The first-order valence-electron chi connectivity index (χ1n) is 12.2. The topological polar surface area (TPSA) is 84.4 Å². The fourth-order valence-electron chi connectivity index (χ4n) is 4.32. The van der Waals surface area contributed by atoms with Crippen LogP contribution in [0, 0.1) is 5.41 Å². The highest BCUT2D eigenvalue weighted by atomic mass is 15.1. The zero-order valence-corrected chi connectivity index (χ0v) is 21.6. The summed E-state index contributed by atoms with van der Waals surface area (Å²) in [6, 6.07) is 8.08. The minimum atomic E-state index is -0.0167. The Morgan fingerprint density at radius 3 is 2.66 bits per heavy atom. The second kappa shape index (κ2) is 10.0. The van der Waals surface area contributed by atoms with E-state index < -0.39 is 0 Å². The molecule has 7 nitrogen and oxygen atoms in total. The van der Waals surface area contributed by atoms with Gasteiger partial charge in [0.2, 0.25) is 5.95 Å². The number of anilines is 2. The molecular formula is C28H37N7. The van der Waals surface area contributed by atoms with Gasteiger partial charge in [0.1, 0.15) is 0 Å². The minimum absolute atomic E-state index is 0.0167. The van der Waals surface area contributed by atoms with Gasteiger partial charge in [-0.3, -0.25) is 4.90 Å². The summed E-state index contributed by atoms with van der Waals surface area (Å²) in [5, 5.41) is 4.49. The summed E-state index contributed by atoms with van der Waals surface area (Å²) in [6.45, 7) is 15.9. The minimum Gasteiger partial charge on any atom is -0.402 e. The van der Waals surface area contributed by atoms with Crippen molar-refractivity contribution in [2.45, 2.75) is 40.5 Å². The summed E-state index contributed by atoms with van der Waals surface area (Å²) >= 11 is 0. The van der Waals surface area contributed by atoms with Gasteiger partial charge in [-0.1, -0.05) is 27.4 Å². The van der Waals surface area contributed by atoms with E-state index in [1.165, 1.54) is 12.8 Å². The van der Waals surface area contributed by atoms with Crippen LogP contribution >= 0.6 is 0 Å².